The van der Waals surface area contributed by atoms with E-state index >= 15 is 0 Å². The Balaban J connectivity index is 2.12. The lowest BCUT2D eigenvalue weighted by Crippen LogP contribution is -2.40. The largest absolute Gasteiger partial charge is 0.375 e. The number of pyridine rings is 1. The van der Waals surface area contributed by atoms with Crippen molar-refractivity contribution in [3.05, 3.63) is 28.4 Å². The highest BCUT2D eigenvalue weighted by molar-refractivity contribution is 5.55. The average Bonchev–Trinajstić information content (AvgIpc) is 2.28. The number of hydrogen-bond donors (Lipinski definition) is 1. The van der Waals surface area contributed by atoms with E-state index in [2.05, 4.69) is 10.3 Å². The van der Waals surface area contributed by atoms with E-state index in [1.165, 1.54) is 6.07 Å². The molecule has 6 heteroatoms. The molecule has 1 aromatic rings. The zero-order valence-corrected chi connectivity index (χ0v) is 10.5. The van der Waals surface area contributed by atoms with Crippen molar-refractivity contribution in [1.82, 2.24) is 4.98 Å². The number of aromatic nitrogens is 1. The highest BCUT2D eigenvalue weighted by atomic mass is 16.6. The molecule has 1 atom stereocenters. The molecular formula is C12H17N3O3. The van der Waals surface area contributed by atoms with Gasteiger partial charge in [-0.15, -0.1) is 0 Å². The van der Waals surface area contributed by atoms with E-state index in [4.69, 9.17) is 4.74 Å². The third-order valence-corrected chi connectivity index (χ3v) is 3.02. The van der Waals surface area contributed by atoms with Gasteiger partial charge in [0.2, 0.25) is 5.82 Å². The molecule has 1 saturated heterocycles. The minimum absolute atomic E-state index is 0.0156. The number of ether oxygens (including phenoxy) is 1. The van der Waals surface area contributed by atoms with Crippen LogP contribution in [0, 0.1) is 10.1 Å². The van der Waals surface area contributed by atoms with Crippen molar-refractivity contribution in [1.29, 1.82) is 0 Å². The van der Waals surface area contributed by atoms with Gasteiger partial charge in [-0.05, 0) is 32.8 Å². The third kappa shape index (κ3) is 2.95. The Kier molecular flexibility index (Phi) is 3.47. The first kappa shape index (κ1) is 12.8. The van der Waals surface area contributed by atoms with Crippen LogP contribution in [0.15, 0.2) is 18.3 Å². The van der Waals surface area contributed by atoms with Crippen LogP contribution in [0.4, 0.5) is 11.5 Å². The molecule has 0 amide bonds. The van der Waals surface area contributed by atoms with Crippen LogP contribution in [0.3, 0.4) is 0 Å². The summed E-state index contributed by atoms with van der Waals surface area (Å²) in [5.41, 5.74) is -0.179. The van der Waals surface area contributed by atoms with Gasteiger partial charge in [0.05, 0.1) is 10.5 Å². The van der Waals surface area contributed by atoms with Crippen LogP contribution in [0.2, 0.25) is 0 Å². The Labute approximate surface area is 106 Å². The quantitative estimate of drug-likeness (QED) is 0.659. The molecule has 2 heterocycles. The number of nitrogens with zero attached hydrogens (tertiary/aromatic N) is 2. The van der Waals surface area contributed by atoms with E-state index in [1.54, 1.807) is 12.3 Å². The molecule has 0 saturated carbocycles. The van der Waals surface area contributed by atoms with Crippen molar-refractivity contribution in [2.45, 2.75) is 38.3 Å². The van der Waals surface area contributed by atoms with Gasteiger partial charge in [-0.25, -0.2) is 4.98 Å². The van der Waals surface area contributed by atoms with Crippen LogP contribution in [-0.2, 0) is 4.74 Å². The highest BCUT2D eigenvalue weighted by Crippen LogP contribution is 2.28. The number of hydrogen-bond acceptors (Lipinski definition) is 5. The lowest BCUT2D eigenvalue weighted by atomic mass is 9.94. The van der Waals surface area contributed by atoms with Gasteiger partial charge in [-0.3, -0.25) is 10.1 Å². The first-order valence-corrected chi connectivity index (χ1v) is 5.98. The average molecular weight is 251 g/mol. The molecule has 98 valence electrons. The molecule has 0 aromatic carbocycles. The third-order valence-electron chi connectivity index (χ3n) is 3.02. The Bertz CT molecular complexity index is 448. The van der Waals surface area contributed by atoms with Crippen LogP contribution in [-0.4, -0.2) is 28.2 Å². The van der Waals surface area contributed by atoms with Crippen molar-refractivity contribution >= 4 is 11.5 Å². The van der Waals surface area contributed by atoms with Gasteiger partial charge in [-0.2, -0.15) is 0 Å². The Hall–Kier alpha value is -1.69. The molecule has 0 bridgehead atoms. The van der Waals surface area contributed by atoms with Crippen molar-refractivity contribution in [2.75, 3.05) is 11.9 Å². The lowest BCUT2D eigenvalue weighted by Gasteiger charge is -2.35. The Morgan fingerprint density at radius 1 is 1.61 bits per heavy atom. The molecule has 0 spiro atoms. The molecule has 0 aliphatic carbocycles. The predicted molar refractivity (Wildman–Crippen MR) is 67.6 cm³/mol. The fourth-order valence-corrected chi connectivity index (χ4v) is 2.20. The number of rotatable bonds is 3. The summed E-state index contributed by atoms with van der Waals surface area (Å²) in [5.74, 6) is 0.338. The fraction of sp³-hybridized carbons (Fsp3) is 0.583. The van der Waals surface area contributed by atoms with E-state index in [9.17, 15) is 10.1 Å². The van der Waals surface area contributed by atoms with Crippen LogP contribution >= 0.6 is 0 Å². The minimum atomic E-state index is -0.417. The van der Waals surface area contributed by atoms with Gasteiger partial charge in [0.15, 0.2) is 0 Å². The van der Waals surface area contributed by atoms with E-state index in [-0.39, 0.29) is 17.3 Å². The van der Waals surface area contributed by atoms with Crippen LogP contribution < -0.4 is 5.32 Å². The van der Waals surface area contributed by atoms with Gasteiger partial charge in [0.1, 0.15) is 0 Å². The van der Waals surface area contributed by atoms with Gasteiger partial charge in [0, 0.05) is 24.9 Å². The van der Waals surface area contributed by atoms with E-state index in [0.717, 1.165) is 12.8 Å². The van der Waals surface area contributed by atoms with E-state index in [0.29, 0.717) is 12.4 Å². The van der Waals surface area contributed by atoms with Crippen molar-refractivity contribution in [3.63, 3.8) is 0 Å². The fourth-order valence-electron chi connectivity index (χ4n) is 2.20. The molecule has 1 fully saturated rings. The van der Waals surface area contributed by atoms with Gasteiger partial charge in [-0.1, -0.05) is 0 Å². The summed E-state index contributed by atoms with van der Waals surface area (Å²) >= 11 is 0. The summed E-state index contributed by atoms with van der Waals surface area (Å²) < 4.78 is 5.62. The van der Waals surface area contributed by atoms with Crippen LogP contribution in [0.25, 0.3) is 0 Å². The summed E-state index contributed by atoms with van der Waals surface area (Å²) in [6.07, 6.45) is 3.19. The second-order valence-electron chi connectivity index (χ2n) is 5.07. The standard InChI is InChI=1S/C12H17N3O3/c1-12(2)8-9(5-7-18-12)14-11-10(15(16)17)4-3-6-13-11/h3-4,6,9H,5,7-8H2,1-2H3,(H,13,14). The summed E-state index contributed by atoms with van der Waals surface area (Å²) in [6.45, 7) is 4.70. The van der Waals surface area contributed by atoms with Gasteiger partial charge in [0.25, 0.3) is 0 Å². The number of anilines is 1. The maximum atomic E-state index is 10.9. The first-order chi connectivity index (χ1) is 8.48. The van der Waals surface area contributed by atoms with E-state index in [1.807, 2.05) is 13.8 Å². The Morgan fingerprint density at radius 2 is 2.39 bits per heavy atom. The summed E-state index contributed by atoms with van der Waals surface area (Å²) in [4.78, 5) is 14.5. The predicted octanol–water partition coefficient (Wildman–Crippen LogP) is 2.36. The normalized spacial score (nSPS) is 22.4. The molecule has 2 rings (SSSR count). The Morgan fingerprint density at radius 3 is 3.06 bits per heavy atom. The highest BCUT2D eigenvalue weighted by Gasteiger charge is 2.30. The summed E-state index contributed by atoms with van der Waals surface area (Å²) in [7, 11) is 0. The molecular weight excluding hydrogens is 234 g/mol. The maximum Gasteiger partial charge on any atom is 0.311 e. The van der Waals surface area contributed by atoms with E-state index < -0.39 is 4.92 Å². The molecule has 18 heavy (non-hydrogen) atoms. The van der Waals surface area contributed by atoms with Crippen molar-refractivity contribution in [2.24, 2.45) is 0 Å². The number of nitrogens with one attached hydrogen (secondary N) is 1. The minimum Gasteiger partial charge on any atom is -0.375 e. The molecule has 6 nitrogen and oxygen atoms in total. The number of nitro groups is 1. The zero-order chi connectivity index (χ0) is 13.2. The maximum absolute atomic E-state index is 10.9. The smallest absolute Gasteiger partial charge is 0.311 e. The van der Waals surface area contributed by atoms with Crippen molar-refractivity contribution < 1.29 is 9.66 Å². The van der Waals surface area contributed by atoms with Crippen LogP contribution in [0.1, 0.15) is 26.7 Å². The lowest BCUT2D eigenvalue weighted by molar-refractivity contribution is -0.384. The second kappa shape index (κ2) is 4.89. The second-order valence-corrected chi connectivity index (χ2v) is 5.07. The first-order valence-electron chi connectivity index (χ1n) is 5.98. The van der Waals surface area contributed by atoms with Gasteiger partial charge < -0.3 is 10.1 Å². The SMILES string of the molecule is CC1(C)CC(Nc2ncccc2[N+](=O)[O-])CCO1. The molecule has 0 radical (unpaired) electrons. The van der Waals surface area contributed by atoms with Crippen LogP contribution in [0.5, 0.6) is 0 Å². The molecule has 1 aromatic heterocycles. The molecule has 1 N–H and O–H groups in total. The topological polar surface area (TPSA) is 77.3 Å². The molecule has 1 aliphatic rings. The molecule has 1 aliphatic heterocycles. The zero-order valence-electron chi connectivity index (χ0n) is 10.5. The van der Waals surface area contributed by atoms with Crippen molar-refractivity contribution in [3.8, 4) is 0 Å². The summed E-state index contributed by atoms with van der Waals surface area (Å²) in [5, 5.41) is 14.0. The van der Waals surface area contributed by atoms with Gasteiger partial charge >= 0.3 is 5.69 Å². The monoisotopic (exact) mass is 251 g/mol. The molecule has 1 unspecified atom stereocenters. The summed E-state index contributed by atoms with van der Waals surface area (Å²) in [6, 6.07) is 3.18.